The van der Waals surface area contributed by atoms with Crippen molar-refractivity contribution in [1.29, 1.82) is 21.2 Å². The van der Waals surface area contributed by atoms with Crippen LogP contribution in [-0.4, -0.2) is 11.7 Å². The third-order valence-corrected chi connectivity index (χ3v) is 5.84. The molecular formula is C21H16N4O3. The molecule has 2 aliphatic heterocycles. The van der Waals surface area contributed by atoms with Crippen molar-refractivity contribution >= 4 is 5.90 Å². The normalized spacial score (nSPS) is 32.6. The molecule has 1 aromatic carbocycles. The molecule has 0 spiro atoms. The Morgan fingerprint density at radius 3 is 2.36 bits per heavy atom. The zero-order chi connectivity index (χ0) is 20.0. The molecule has 4 atom stereocenters. The molecule has 0 aliphatic carbocycles. The van der Waals surface area contributed by atoms with Gasteiger partial charge in [-0.3, -0.25) is 5.41 Å². The van der Waals surface area contributed by atoms with Gasteiger partial charge in [-0.2, -0.15) is 15.8 Å². The standard InChI is InChI=1S/C21H16N4O3/c1-19-16(9-14-5-3-2-4-6-14)21(13-24,18(25)28-19)20(11-22,12-23)17(27-19)15-7-8-26-10-15/h2-8,10,16-17,25H,9H2,1H3. The Morgan fingerprint density at radius 2 is 1.79 bits per heavy atom. The minimum absolute atomic E-state index is 0.316. The minimum atomic E-state index is -1.97. The van der Waals surface area contributed by atoms with Crippen LogP contribution in [0.3, 0.4) is 0 Å². The fraction of sp³-hybridized carbons (Fsp3) is 0.333. The molecule has 1 aromatic heterocycles. The van der Waals surface area contributed by atoms with Gasteiger partial charge in [-0.1, -0.05) is 30.3 Å². The first-order valence-electron chi connectivity index (χ1n) is 8.73. The highest BCUT2D eigenvalue weighted by atomic mass is 16.7. The van der Waals surface area contributed by atoms with Crippen LogP contribution >= 0.6 is 0 Å². The Labute approximate surface area is 161 Å². The van der Waals surface area contributed by atoms with Gasteiger partial charge < -0.3 is 13.9 Å². The second-order valence-electron chi connectivity index (χ2n) is 7.20. The third-order valence-electron chi connectivity index (χ3n) is 5.84. The molecule has 3 heterocycles. The van der Waals surface area contributed by atoms with Crippen LogP contribution < -0.4 is 0 Å². The highest BCUT2D eigenvalue weighted by Crippen LogP contribution is 2.66. The number of fused-ring (bicyclic) bond motifs is 2. The van der Waals surface area contributed by atoms with Gasteiger partial charge >= 0.3 is 0 Å². The van der Waals surface area contributed by atoms with Crippen LogP contribution in [0.5, 0.6) is 0 Å². The maximum Gasteiger partial charge on any atom is 0.215 e. The van der Waals surface area contributed by atoms with Crippen LogP contribution in [0.15, 0.2) is 53.3 Å². The van der Waals surface area contributed by atoms with Gasteiger partial charge in [0.05, 0.1) is 36.7 Å². The van der Waals surface area contributed by atoms with Crippen LogP contribution in [0.25, 0.3) is 0 Å². The van der Waals surface area contributed by atoms with Gasteiger partial charge in [-0.25, -0.2) is 0 Å². The Morgan fingerprint density at radius 1 is 1.07 bits per heavy atom. The molecule has 0 amide bonds. The van der Waals surface area contributed by atoms with Gasteiger partial charge in [0, 0.05) is 12.5 Å². The number of nitrogens with one attached hydrogen (secondary N) is 1. The van der Waals surface area contributed by atoms with Crippen molar-refractivity contribution in [1.82, 2.24) is 0 Å². The van der Waals surface area contributed by atoms with Crippen molar-refractivity contribution in [3.63, 3.8) is 0 Å². The summed E-state index contributed by atoms with van der Waals surface area (Å²) in [4.78, 5) is 0. The second kappa shape index (κ2) is 5.96. The first-order chi connectivity index (χ1) is 13.5. The van der Waals surface area contributed by atoms with E-state index in [4.69, 9.17) is 19.3 Å². The summed E-state index contributed by atoms with van der Waals surface area (Å²) >= 11 is 0. The van der Waals surface area contributed by atoms with Crippen molar-refractivity contribution in [2.24, 2.45) is 16.7 Å². The molecule has 2 saturated heterocycles. The SMILES string of the molecule is CC12OC(=N)C(C#N)(C1Cc1ccccc1)C(C#N)(C#N)C(c1ccoc1)O2. The molecule has 1 N–H and O–H groups in total. The van der Waals surface area contributed by atoms with Gasteiger partial charge in [-0.15, -0.1) is 0 Å². The van der Waals surface area contributed by atoms with E-state index in [1.54, 1.807) is 13.0 Å². The average Bonchev–Trinajstić information content (AvgIpc) is 3.29. The summed E-state index contributed by atoms with van der Waals surface area (Å²) in [6.45, 7) is 1.65. The predicted octanol–water partition coefficient (Wildman–Crippen LogP) is 3.48. The Bertz CT molecular complexity index is 1030. The lowest BCUT2D eigenvalue weighted by molar-refractivity contribution is -0.272. The van der Waals surface area contributed by atoms with E-state index in [1.807, 2.05) is 42.5 Å². The largest absolute Gasteiger partial charge is 0.472 e. The number of hydrogen-bond donors (Lipinski definition) is 1. The lowest BCUT2D eigenvalue weighted by Crippen LogP contribution is -2.59. The number of ether oxygens (including phenoxy) is 2. The predicted molar refractivity (Wildman–Crippen MR) is 95.1 cm³/mol. The fourth-order valence-corrected chi connectivity index (χ4v) is 4.46. The maximum atomic E-state index is 10.3. The van der Waals surface area contributed by atoms with Crippen molar-refractivity contribution in [2.45, 2.75) is 25.2 Å². The highest BCUT2D eigenvalue weighted by Gasteiger charge is 2.79. The molecule has 2 aromatic rings. The quantitative estimate of drug-likeness (QED) is 0.879. The van der Waals surface area contributed by atoms with Crippen molar-refractivity contribution < 1.29 is 13.9 Å². The Balaban J connectivity index is 1.95. The van der Waals surface area contributed by atoms with E-state index in [-0.39, 0.29) is 0 Å². The van der Waals surface area contributed by atoms with E-state index < -0.39 is 34.5 Å². The van der Waals surface area contributed by atoms with E-state index >= 15 is 0 Å². The number of furan rings is 1. The lowest BCUT2D eigenvalue weighted by Gasteiger charge is -2.48. The van der Waals surface area contributed by atoms with Crippen LogP contribution in [-0.2, 0) is 15.9 Å². The van der Waals surface area contributed by atoms with Crippen LogP contribution in [0.4, 0.5) is 0 Å². The first kappa shape index (κ1) is 17.8. The van der Waals surface area contributed by atoms with Crippen LogP contribution in [0, 0.1) is 56.2 Å². The zero-order valence-electron chi connectivity index (χ0n) is 15.0. The summed E-state index contributed by atoms with van der Waals surface area (Å²) in [6, 6.07) is 17.1. The van der Waals surface area contributed by atoms with Crippen molar-refractivity contribution in [3.05, 3.63) is 60.1 Å². The third kappa shape index (κ3) is 2.01. The molecule has 138 valence electrons. The van der Waals surface area contributed by atoms with Gasteiger partial charge in [0.25, 0.3) is 0 Å². The smallest absolute Gasteiger partial charge is 0.215 e. The summed E-state index contributed by atoms with van der Waals surface area (Å²) in [5.74, 6) is -2.48. The number of rotatable bonds is 3. The minimum Gasteiger partial charge on any atom is -0.472 e. The van der Waals surface area contributed by atoms with Crippen LogP contribution in [0.1, 0.15) is 24.2 Å². The zero-order valence-corrected chi connectivity index (χ0v) is 15.0. The molecule has 28 heavy (non-hydrogen) atoms. The molecule has 7 heteroatoms. The lowest BCUT2D eigenvalue weighted by atomic mass is 9.53. The van der Waals surface area contributed by atoms with E-state index in [0.29, 0.717) is 12.0 Å². The molecule has 4 unspecified atom stereocenters. The molecular weight excluding hydrogens is 356 g/mol. The van der Waals surface area contributed by atoms with Crippen molar-refractivity contribution in [2.75, 3.05) is 0 Å². The summed E-state index contributed by atoms with van der Waals surface area (Å²) in [5, 5.41) is 39.0. The summed E-state index contributed by atoms with van der Waals surface area (Å²) in [7, 11) is 0. The summed E-state index contributed by atoms with van der Waals surface area (Å²) in [5.41, 5.74) is -2.42. The number of benzene rings is 1. The molecule has 0 radical (unpaired) electrons. The molecule has 4 rings (SSSR count). The second-order valence-corrected chi connectivity index (χ2v) is 7.20. The number of nitriles is 3. The van der Waals surface area contributed by atoms with Gasteiger partial charge in [0.1, 0.15) is 6.10 Å². The van der Waals surface area contributed by atoms with E-state index in [9.17, 15) is 15.8 Å². The summed E-state index contributed by atoms with van der Waals surface area (Å²) < 4.78 is 17.0. The summed E-state index contributed by atoms with van der Waals surface area (Å²) in [6.07, 6.45) is 2.00. The maximum absolute atomic E-state index is 10.3. The van der Waals surface area contributed by atoms with E-state index in [2.05, 4.69) is 6.07 Å². The number of nitrogens with zero attached hydrogens (tertiary/aromatic N) is 3. The molecule has 2 fully saturated rings. The van der Waals surface area contributed by atoms with Crippen molar-refractivity contribution in [3.8, 4) is 18.2 Å². The van der Waals surface area contributed by atoms with E-state index in [1.165, 1.54) is 12.5 Å². The fourth-order valence-electron chi connectivity index (χ4n) is 4.46. The molecule has 2 bridgehead atoms. The highest BCUT2D eigenvalue weighted by molar-refractivity contribution is 5.89. The van der Waals surface area contributed by atoms with Gasteiger partial charge in [0.15, 0.2) is 5.41 Å². The van der Waals surface area contributed by atoms with Gasteiger partial charge in [-0.05, 0) is 18.1 Å². The average molecular weight is 372 g/mol. The Hall–Kier alpha value is -3.60. The Kier molecular flexibility index (Phi) is 3.79. The van der Waals surface area contributed by atoms with Gasteiger partial charge in [0.2, 0.25) is 17.1 Å². The number of hydrogen-bond acceptors (Lipinski definition) is 7. The molecule has 0 saturated carbocycles. The first-order valence-corrected chi connectivity index (χ1v) is 8.73. The molecule has 2 aliphatic rings. The van der Waals surface area contributed by atoms with E-state index in [0.717, 1.165) is 5.56 Å². The monoisotopic (exact) mass is 372 g/mol. The van der Waals surface area contributed by atoms with Crippen LogP contribution in [0.2, 0.25) is 0 Å². The molecule has 7 nitrogen and oxygen atoms in total. The topological polar surface area (TPSA) is 127 Å².